The van der Waals surface area contributed by atoms with Gasteiger partial charge in [0.2, 0.25) is 16.0 Å². The maximum absolute atomic E-state index is 13.0. The molecule has 176 valence electrons. The number of aromatic nitrogens is 3. The van der Waals surface area contributed by atoms with E-state index in [2.05, 4.69) is 10.2 Å². The second-order valence-corrected chi connectivity index (χ2v) is 9.46. The highest BCUT2D eigenvalue weighted by Gasteiger charge is 2.28. The molecule has 0 spiro atoms. The van der Waals surface area contributed by atoms with Crippen molar-refractivity contribution in [2.75, 3.05) is 37.5 Å². The minimum Gasteiger partial charge on any atom is -0.497 e. The van der Waals surface area contributed by atoms with Gasteiger partial charge in [0.1, 0.15) is 11.5 Å². The minimum absolute atomic E-state index is 0.0478. The van der Waals surface area contributed by atoms with Crippen LogP contribution in [0.15, 0.2) is 48.7 Å². The molecule has 2 aromatic heterocycles. The first kappa shape index (κ1) is 22.5. The maximum atomic E-state index is 13.0. The van der Waals surface area contributed by atoms with Crippen molar-refractivity contribution in [3.05, 3.63) is 53.7 Å². The zero-order chi connectivity index (χ0) is 23.7. The standard InChI is InChI=1S/C24H24ClN5O3S/c1-32-18-8-5-15(6-9-18)20-14-30-23(27-20)34-24(28-30)29-11-3-4-16(13-29)22(31)26-19-12-17(25)7-10-21(19)33-2/h5-10,12,14,16H,3-4,11,13H2,1-2H3,(H,26,31)/t16-/m0/s1. The molecule has 2 aromatic carbocycles. The molecule has 34 heavy (non-hydrogen) atoms. The lowest BCUT2D eigenvalue weighted by molar-refractivity contribution is -0.120. The van der Waals surface area contributed by atoms with Crippen molar-refractivity contribution in [3.63, 3.8) is 0 Å². The van der Waals surface area contributed by atoms with E-state index in [1.807, 2.05) is 30.5 Å². The van der Waals surface area contributed by atoms with Gasteiger partial charge in [-0.3, -0.25) is 4.79 Å². The monoisotopic (exact) mass is 497 g/mol. The Morgan fingerprint density at radius 2 is 2.00 bits per heavy atom. The average Bonchev–Trinajstić information content (AvgIpc) is 3.44. The normalized spacial score (nSPS) is 16.0. The molecule has 1 atom stereocenters. The molecule has 3 heterocycles. The zero-order valence-electron chi connectivity index (χ0n) is 18.8. The maximum Gasteiger partial charge on any atom is 0.229 e. The molecular formula is C24H24ClN5O3S. The van der Waals surface area contributed by atoms with Crippen molar-refractivity contribution in [2.45, 2.75) is 12.8 Å². The molecule has 0 radical (unpaired) electrons. The summed E-state index contributed by atoms with van der Waals surface area (Å²) in [7, 11) is 3.22. The molecule has 1 amide bonds. The van der Waals surface area contributed by atoms with Gasteiger partial charge in [-0.1, -0.05) is 22.9 Å². The first-order valence-electron chi connectivity index (χ1n) is 10.9. The highest BCUT2D eigenvalue weighted by atomic mass is 35.5. The lowest BCUT2D eigenvalue weighted by atomic mass is 9.97. The van der Waals surface area contributed by atoms with Crippen molar-refractivity contribution in [3.8, 4) is 22.8 Å². The Hall–Kier alpha value is -3.30. The van der Waals surface area contributed by atoms with Gasteiger partial charge in [-0.2, -0.15) is 0 Å². The number of nitrogens with zero attached hydrogens (tertiary/aromatic N) is 4. The first-order valence-corrected chi connectivity index (χ1v) is 12.1. The van der Waals surface area contributed by atoms with Crippen LogP contribution in [0.25, 0.3) is 16.2 Å². The topological polar surface area (TPSA) is 81.0 Å². The fourth-order valence-corrected chi connectivity index (χ4v) is 5.19. The van der Waals surface area contributed by atoms with Gasteiger partial charge in [0, 0.05) is 23.7 Å². The summed E-state index contributed by atoms with van der Waals surface area (Å²) in [4.78, 5) is 20.7. The second-order valence-electron chi connectivity index (χ2n) is 8.09. The van der Waals surface area contributed by atoms with Crippen LogP contribution in [-0.4, -0.2) is 47.8 Å². The van der Waals surface area contributed by atoms with Crippen molar-refractivity contribution < 1.29 is 14.3 Å². The van der Waals surface area contributed by atoms with E-state index in [1.165, 1.54) is 11.3 Å². The van der Waals surface area contributed by atoms with Gasteiger partial charge < -0.3 is 19.7 Å². The summed E-state index contributed by atoms with van der Waals surface area (Å²) < 4.78 is 12.4. The highest BCUT2D eigenvalue weighted by molar-refractivity contribution is 7.20. The quantitative estimate of drug-likeness (QED) is 0.404. The van der Waals surface area contributed by atoms with Crippen molar-refractivity contribution in [1.29, 1.82) is 0 Å². The Labute approximate surface area is 206 Å². The van der Waals surface area contributed by atoms with Crippen LogP contribution in [0, 0.1) is 5.92 Å². The Morgan fingerprint density at radius 1 is 1.18 bits per heavy atom. The van der Waals surface area contributed by atoms with Gasteiger partial charge in [0.05, 0.1) is 37.7 Å². The van der Waals surface area contributed by atoms with Gasteiger partial charge in [-0.15, -0.1) is 5.10 Å². The van der Waals surface area contributed by atoms with Gasteiger partial charge in [0.15, 0.2) is 0 Å². The molecule has 1 aliphatic heterocycles. The number of imidazole rings is 1. The van der Waals surface area contributed by atoms with E-state index in [9.17, 15) is 4.79 Å². The highest BCUT2D eigenvalue weighted by Crippen LogP contribution is 2.32. The van der Waals surface area contributed by atoms with Crippen molar-refractivity contribution in [1.82, 2.24) is 14.6 Å². The van der Waals surface area contributed by atoms with Crippen LogP contribution in [0.5, 0.6) is 11.5 Å². The lowest BCUT2D eigenvalue weighted by Crippen LogP contribution is -2.40. The van der Waals surface area contributed by atoms with Crippen LogP contribution < -0.4 is 19.7 Å². The Kier molecular flexibility index (Phi) is 6.30. The summed E-state index contributed by atoms with van der Waals surface area (Å²) in [6.45, 7) is 1.45. The van der Waals surface area contributed by atoms with Crippen LogP contribution in [0.1, 0.15) is 12.8 Å². The van der Waals surface area contributed by atoms with Crippen molar-refractivity contribution >= 4 is 44.6 Å². The fraction of sp³-hybridized carbons (Fsp3) is 0.292. The number of hydrogen-bond acceptors (Lipinski definition) is 7. The number of amides is 1. The van der Waals surface area contributed by atoms with Crippen molar-refractivity contribution in [2.24, 2.45) is 5.92 Å². The Morgan fingerprint density at radius 3 is 2.74 bits per heavy atom. The van der Waals surface area contributed by atoms with E-state index in [4.69, 9.17) is 31.2 Å². The van der Waals surface area contributed by atoms with E-state index >= 15 is 0 Å². The molecule has 5 rings (SSSR count). The molecule has 1 saturated heterocycles. The lowest BCUT2D eigenvalue weighted by Gasteiger charge is -2.31. The fourth-order valence-electron chi connectivity index (χ4n) is 4.10. The zero-order valence-corrected chi connectivity index (χ0v) is 20.4. The van der Waals surface area contributed by atoms with Gasteiger partial charge >= 0.3 is 0 Å². The summed E-state index contributed by atoms with van der Waals surface area (Å²) in [5.41, 5.74) is 2.45. The summed E-state index contributed by atoms with van der Waals surface area (Å²) in [5, 5.41) is 9.12. The molecular weight excluding hydrogens is 474 g/mol. The summed E-state index contributed by atoms with van der Waals surface area (Å²) in [6, 6.07) is 13.0. The molecule has 0 unspecified atom stereocenters. The molecule has 1 fully saturated rings. The van der Waals surface area contributed by atoms with Gasteiger partial charge in [-0.25, -0.2) is 9.50 Å². The predicted molar refractivity (Wildman–Crippen MR) is 134 cm³/mol. The number of carbonyl (C=O) groups is 1. The van der Waals surface area contributed by atoms with Crippen LogP contribution >= 0.6 is 22.9 Å². The van der Waals surface area contributed by atoms with E-state index in [0.717, 1.165) is 46.5 Å². The predicted octanol–water partition coefficient (Wildman–Crippen LogP) is 4.98. The summed E-state index contributed by atoms with van der Waals surface area (Å²) in [5.74, 6) is 1.18. The molecule has 0 bridgehead atoms. The number of rotatable bonds is 6. The van der Waals surface area contributed by atoms with Crippen LogP contribution in [0.2, 0.25) is 5.02 Å². The second kappa shape index (κ2) is 9.52. The largest absolute Gasteiger partial charge is 0.497 e. The van der Waals surface area contributed by atoms with E-state index in [1.54, 1.807) is 36.9 Å². The third-order valence-corrected chi connectivity index (χ3v) is 7.12. The number of fused-ring (bicyclic) bond motifs is 1. The number of methoxy groups -OCH3 is 2. The smallest absolute Gasteiger partial charge is 0.229 e. The van der Waals surface area contributed by atoms with E-state index in [-0.39, 0.29) is 11.8 Å². The van der Waals surface area contributed by atoms with Gasteiger partial charge in [0.25, 0.3) is 0 Å². The molecule has 0 saturated carbocycles. The number of anilines is 2. The minimum atomic E-state index is -0.163. The number of nitrogens with one attached hydrogen (secondary N) is 1. The van der Waals surface area contributed by atoms with Crippen LogP contribution in [-0.2, 0) is 4.79 Å². The number of piperidine rings is 1. The number of hydrogen-bond donors (Lipinski definition) is 1. The molecule has 0 aliphatic carbocycles. The SMILES string of the molecule is COc1ccc(-c2cn3nc(N4CCC[C@H](C(=O)Nc5cc(Cl)ccc5OC)C4)sc3n2)cc1. The van der Waals surface area contributed by atoms with Crippen LogP contribution in [0.3, 0.4) is 0 Å². The third kappa shape index (κ3) is 4.53. The van der Waals surface area contributed by atoms with E-state index < -0.39 is 0 Å². The Bertz CT molecular complexity index is 1290. The first-order chi connectivity index (χ1) is 16.5. The third-order valence-electron chi connectivity index (χ3n) is 5.90. The summed E-state index contributed by atoms with van der Waals surface area (Å²) in [6.07, 6.45) is 3.65. The molecule has 4 aromatic rings. The number of benzene rings is 2. The number of ether oxygens (including phenoxy) is 2. The molecule has 8 nitrogen and oxygen atoms in total. The average molecular weight is 498 g/mol. The van der Waals surface area contributed by atoms with E-state index in [0.29, 0.717) is 23.0 Å². The van der Waals surface area contributed by atoms with Gasteiger partial charge in [-0.05, 0) is 55.3 Å². The number of carbonyl (C=O) groups excluding carboxylic acids is 1. The molecule has 1 aliphatic rings. The van der Waals surface area contributed by atoms with Crippen LogP contribution in [0.4, 0.5) is 10.8 Å². The number of halogens is 1. The summed E-state index contributed by atoms with van der Waals surface area (Å²) >= 11 is 7.63. The Balaban J connectivity index is 1.29. The molecule has 1 N–H and O–H groups in total. The molecule has 10 heteroatoms.